The third-order valence-corrected chi connectivity index (χ3v) is 6.72. The van der Waals surface area contributed by atoms with E-state index in [0.29, 0.717) is 6.42 Å². The Kier molecular flexibility index (Phi) is 6.88. The number of rotatable bonds is 8. The molecule has 180 valence electrons. The number of β-amino-alcohol motifs (C(OH)–C–C–N with tert-alkyl or cyclic N) is 1. The van der Waals surface area contributed by atoms with Crippen LogP contribution in [0.1, 0.15) is 49.7 Å². The number of hydrogen-bond donors (Lipinski definition) is 3. The first-order chi connectivity index (χ1) is 16.3. The zero-order valence-electron chi connectivity index (χ0n) is 19.2. The van der Waals surface area contributed by atoms with Crippen LogP contribution in [-0.2, 0) is 14.3 Å². The smallest absolute Gasteiger partial charge is 0.407 e. The van der Waals surface area contributed by atoms with Gasteiger partial charge in [-0.1, -0.05) is 61.9 Å². The molecule has 1 aliphatic heterocycles. The number of aliphatic hydroxyl groups is 1. The average molecular weight is 467 g/mol. The SMILES string of the molecule is CCCC(CC(=O)N1CCC(O)(C(=O)O)C1)NC(=O)OCC1c2ccccc2-c2ccccc21. The normalized spacial score (nSPS) is 19.9. The lowest BCUT2D eigenvalue weighted by atomic mass is 9.98. The van der Waals surface area contributed by atoms with Crippen molar-refractivity contribution in [1.82, 2.24) is 10.2 Å². The van der Waals surface area contributed by atoms with Gasteiger partial charge >= 0.3 is 12.1 Å². The van der Waals surface area contributed by atoms with Crippen molar-refractivity contribution in [3.63, 3.8) is 0 Å². The van der Waals surface area contributed by atoms with Gasteiger partial charge in [0.1, 0.15) is 6.61 Å². The van der Waals surface area contributed by atoms with Crippen molar-refractivity contribution >= 4 is 18.0 Å². The van der Waals surface area contributed by atoms with Crippen LogP contribution in [0.3, 0.4) is 0 Å². The minimum Gasteiger partial charge on any atom is -0.479 e. The van der Waals surface area contributed by atoms with Crippen molar-refractivity contribution in [2.45, 2.75) is 50.2 Å². The maximum atomic E-state index is 12.7. The predicted molar refractivity (Wildman–Crippen MR) is 125 cm³/mol. The number of carbonyl (C=O) groups is 3. The van der Waals surface area contributed by atoms with E-state index in [1.807, 2.05) is 43.3 Å². The monoisotopic (exact) mass is 466 g/mol. The Morgan fingerprint density at radius 1 is 1.12 bits per heavy atom. The summed E-state index contributed by atoms with van der Waals surface area (Å²) in [4.78, 5) is 37.9. The van der Waals surface area contributed by atoms with Crippen LogP contribution in [0, 0.1) is 0 Å². The van der Waals surface area contributed by atoms with Crippen LogP contribution in [0.15, 0.2) is 48.5 Å². The van der Waals surface area contributed by atoms with Crippen LogP contribution in [0.5, 0.6) is 0 Å². The third-order valence-electron chi connectivity index (χ3n) is 6.72. The van der Waals surface area contributed by atoms with Gasteiger partial charge in [0, 0.05) is 31.3 Å². The number of likely N-dealkylation sites (tertiary alicyclic amines) is 1. The lowest BCUT2D eigenvalue weighted by molar-refractivity contribution is -0.157. The van der Waals surface area contributed by atoms with E-state index in [1.54, 1.807) is 0 Å². The molecule has 34 heavy (non-hydrogen) atoms. The second-order valence-electron chi connectivity index (χ2n) is 9.06. The molecule has 3 N–H and O–H groups in total. The minimum absolute atomic E-state index is 0.00761. The molecule has 0 radical (unpaired) electrons. The van der Waals surface area contributed by atoms with Gasteiger partial charge in [0.2, 0.25) is 5.91 Å². The number of nitrogens with one attached hydrogen (secondary N) is 1. The summed E-state index contributed by atoms with van der Waals surface area (Å²) in [5.74, 6) is -1.68. The molecule has 0 bridgehead atoms. The Balaban J connectivity index is 1.35. The molecule has 2 amide bonds. The standard InChI is InChI=1S/C26H30N2O6/c1-2-7-17(14-23(29)28-13-12-26(33,16-28)24(30)31)27-25(32)34-15-22-20-10-5-3-8-18(20)19-9-4-6-11-21(19)22/h3-6,8-11,17,22,33H,2,7,12-16H2,1H3,(H,27,32)(H,30,31). The van der Waals surface area contributed by atoms with Crippen LogP contribution >= 0.6 is 0 Å². The Hall–Kier alpha value is -3.39. The third kappa shape index (κ3) is 4.77. The number of carboxylic acids is 1. The van der Waals surface area contributed by atoms with Gasteiger partial charge in [0.05, 0.1) is 6.54 Å². The van der Waals surface area contributed by atoms with Gasteiger partial charge in [0.25, 0.3) is 0 Å². The number of alkyl carbamates (subject to hydrolysis) is 1. The van der Waals surface area contributed by atoms with E-state index in [0.717, 1.165) is 28.7 Å². The summed E-state index contributed by atoms with van der Waals surface area (Å²) in [5, 5.41) is 22.1. The number of ether oxygens (including phenoxy) is 1. The van der Waals surface area contributed by atoms with Crippen LogP contribution < -0.4 is 5.32 Å². The highest BCUT2D eigenvalue weighted by Crippen LogP contribution is 2.44. The quantitative estimate of drug-likeness (QED) is 0.550. The number of hydrogen-bond acceptors (Lipinski definition) is 5. The van der Waals surface area contributed by atoms with Crippen LogP contribution in [0.4, 0.5) is 4.79 Å². The van der Waals surface area contributed by atoms with Crippen molar-refractivity contribution in [3.8, 4) is 11.1 Å². The number of amides is 2. The van der Waals surface area contributed by atoms with Crippen LogP contribution in [0.2, 0.25) is 0 Å². The number of benzene rings is 2. The molecule has 0 aromatic heterocycles. The van der Waals surface area contributed by atoms with E-state index in [2.05, 4.69) is 17.4 Å². The molecule has 0 spiro atoms. The van der Waals surface area contributed by atoms with Crippen molar-refractivity contribution < 1.29 is 29.3 Å². The molecule has 0 saturated carbocycles. The van der Waals surface area contributed by atoms with Gasteiger partial charge in [0.15, 0.2) is 5.60 Å². The number of fused-ring (bicyclic) bond motifs is 3. The average Bonchev–Trinajstić information content (AvgIpc) is 3.37. The van der Waals surface area contributed by atoms with Gasteiger partial charge < -0.3 is 25.2 Å². The molecule has 1 aliphatic carbocycles. The van der Waals surface area contributed by atoms with E-state index >= 15 is 0 Å². The summed E-state index contributed by atoms with van der Waals surface area (Å²) in [6, 6.07) is 15.7. The van der Waals surface area contributed by atoms with Crippen molar-refractivity contribution in [3.05, 3.63) is 59.7 Å². The molecular formula is C26H30N2O6. The van der Waals surface area contributed by atoms with Crippen molar-refractivity contribution in [2.75, 3.05) is 19.7 Å². The molecule has 2 aromatic carbocycles. The topological polar surface area (TPSA) is 116 Å². The molecule has 2 aliphatic rings. The first kappa shape index (κ1) is 23.8. The second kappa shape index (κ2) is 9.85. The lowest BCUT2D eigenvalue weighted by Crippen LogP contribution is -2.44. The molecule has 8 heteroatoms. The van der Waals surface area contributed by atoms with E-state index in [-0.39, 0.29) is 44.4 Å². The van der Waals surface area contributed by atoms with Gasteiger partial charge in [-0.05, 0) is 28.7 Å². The largest absolute Gasteiger partial charge is 0.479 e. The maximum absolute atomic E-state index is 12.7. The van der Waals surface area contributed by atoms with Crippen molar-refractivity contribution in [2.24, 2.45) is 0 Å². The Morgan fingerprint density at radius 3 is 2.29 bits per heavy atom. The predicted octanol–water partition coefficient (Wildman–Crippen LogP) is 3.13. The van der Waals surface area contributed by atoms with Gasteiger partial charge in [-0.2, -0.15) is 0 Å². The zero-order valence-corrected chi connectivity index (χ0v) is 19.2. The van der Waals surface area contributed by atoms with E-state index < -0.39 is 23.7 Å². The number of carboxylic acid groups (broad SMARTS) is 1. The molecular weight excluding hydrogens is 436 g/mol. The molecule has 2 unspecified atom stereocenters. The molecule has 1 saturated heterocycles. The molecule has 2 atom stereocenters. The first-order valence-electron chi connectivity index (χ1n) is 11.7. The Bertz CT molecular complexity index is 1040. The molecule has 1 heterocycles. The van der Waals surface area contributed by atoms with E-state index in [1.165, 1.54) is 4.90 Å². The van der Waals surface area contributed by atoms with E-state index in [4.69, 9.17) is 9.84 Å². The summed E-state index contributed by atoms with van der Waals surface area (Å²) < 4.78 is 5.60. The summed E-state index contributed by atoms with van der Waals surface area (Å²) >= 11 is 0. The molecule has 4 rings (SSSR count). The molecule has 1 fully saturated rings. The molecule has 2 aromatic rings. The maximum Gasteiger partial charge on any atom is 0.407 e. The highest BCUT2D eigenvalue weighted by atomic mass is 16.5. The van der Waals surface area contributed by atoms with Crippen LogP contribution in [0.25, 0.3) is 11.1 Å². The Labute approximate surface area is 198 Å². The number of aliphatic carboxylic acids is 1. The second-order valence-corrected chi connectivity index (χ2v) is 9.06. The zero-order chi connectivity index (χ0) is 24.3. The highest BCUT2D eigenvalue weighted by molar-refractivity contribution is 5.83. The van der Waals surface area contributed by atoms with Gasteiger partial charge in [-0.3, -0.25) is 4.79 Å². The van der Waals surface area contributed by atoms with Gasteiger partial charge in [-0.25, -0.2) is 9.59 Å². The summed E-state index contributed by atoms with van der Waals surface area (Å²) in [5.41, 5.74) is 2.63. The van der Waals surface area contributed by atoms with Gasteiger partial charge in [-0.15, -0.1) is 0 Å². The fraction of sp³-hybridized carbons (Fsp3) is 0.423. The first-order valence-corrected chi connectivity index (χ1v) is 11.7. The summed E-state index contributed by atoms with van der Waals surface area (Å²) in [6.45, 7) is 2.07. The number of nitrogens with zero attached hydrogens (tertiary/aromatic N) is 1. The summed E-state index contributed by atoms with van der Waals surface area (Å²) in [7, 11) is 0. The fourth-order valence-electron chi connectivity index (χ4n) is 4.90. The molecule has 8 nitrogen and oxygen atoms in total. The lowest BCUT2D eigenvalue weighted by Gasteiger charge is -2.23. The minimum atomic E-state index is -1.91. The van der Waals surface area contributed by atoms with Crippen molar-refractivity contribution in [1.29, 1.82) is 0 Å². The fourth-order valence-corrected chi connectivity index (χ4v) is 4.90. The van der Waals surface area contributed by atoms with E-state index in [9.17, 15) is 19.5 Å². The summed E-state index contributed by atoms with van der Waals surface area (Å²) in [6.07, 6.45) is 0.754. The Morgan fingerprint density at radius 2 is 1.74 bits per heavy atom. The number of carbonyl (C=O) groups excluding carboxylic acids is 2. The highest BCUT2D eigenvalue weighted by Gasteiger charge is 2.44. The van der Waals surface area contributed by atoms with Crippen LogP contribution in [-0.4, -0.2) is 64.4 Å².